The second-order valence-electron chi connectivity index (χ2n) is 3.34. The van der Waals surface area contributed by atoms with Gasteiger partial charge in [0.15, 0.2) is 0 Å². The molecule has 1 unspecified atom stereocenters. The van der Waals surface area contributed by atoms with E-state index in [4.69, 9.17) is 9.15 Å². The molecule has 0 aliphatic carbocycles. The molecule has 1 aromatic heterocycles. The molecule has 1 atom stereocenters. The largest absolute Gasteiger partial charge is 0.463 e. The number of carbonyl (C=O) groups is 1. The highest BCUT2D eigenvalue weighted by molar-refractivity contribution is 5.86. The van der Waals surface area contributed by atoms with Crippen LogP contribution >= 0.6 is 0 Å². The van der Waals surface area contributed by atoms with Gasteiger partial charge >= 0.3 is 5.97 Å². The minimum absolute atomic E-state index is 0.127. The first-order valence-corrected chi connectivity index (χ1v) is 4.85. The summed E-state index contributed by atoms with van der Waals surface area (Å²) in [4.78, 5) is 11.1. The molecule has 5 nitrogen and oxygen atoms in total. The summed E-state index contributed by atoms with van der Waals surface area (Å²) in [5.74, 6) is 0.0388. The fraction of sp³-hybridized carbons (Fsp3) is 0.500. The maximum absolute atomic E-state index is 11.1. The van der Waals surface area contributed by atoms with Gasteiger partial charge in [0.05, 0.1) is 7.11 Å². The van der Waals surface area contributed by atoms with E-state index in [-0.39, 0.29) is 11.9 Å². The molecule has 0 saturated carbocycles. The van der Waals surface area contributed by atoms with Crippen LogP contribution in [0.25, 0.3) is 0 Å². The molecule has 0 bridgehead atoms. The van der Waals surface area contributed by atoms with Crippen molar-refractivity contribution in [2.24, 2.45) is 0 Å². The molecular formula is C10H13NO4. The standard InChI is InChI=1S/C10H13NO4/c1-13-10(12)8-2-3-9(15-8)14-7-4-5-11-6-7/h2-3,7,11H,4-6H2,1H3. The third kappa shape index (κ3) is 2.30. The molecule has 1 N–H and O–H groups in total. The van der Waals surface area contributed by atoms with Gasteiger partial charge < -0.3 is 19.2 Å². The summed E-state index contributed by atoms with van der Waals surface area (Å²) in [6, 6.07) is 3.17. The van der Waals surface area contributed by atoms with Gasteiger partial charge in [0, 0.05) is 12.6 Å². The Bertz CT molecular complexity index is 341. The summed E-state index contributed by atoms with van der Waals surface area (Å²) in [5.41, 5.74) is 0. The zero-order chi connectivity index (χ0) is 10.7. The van der Waals surface area contributed by atoms with Crippen molar-refractivity contribution in [3.05, 3.63) is 17.9 Å². The second-order valence-corrected chi connectivity index (χ2v) is 3.34. The van der Waals surface area contributed by atoms with Crippen LogP contribution in [0, 0.1) is 0 Å². The molecule has 0 amide bonds. The fourth-order valence-corrected chi connectivity index (χ4v) is 1.49. The number of methoxy groups -OCH3 is 1. The van der Waals surface area contributed by atoms with Gasteiger partial charge in [-0.25, -0.2) is 4.79 Å². The second kappa shape index (κ2) is 4.35. The predicted octanol–water partition coefficient (Wildman–Crippen LogP) is 0.807. The van der Waals surface area contributed by atoms with Crippen LogP contribution in [0.1, 0.15) is 17.0 Å². The van der Waals surface area contributed by atoms with Crippen LogP contribution in [0.3, 0.4) is 0 Å². The molecule has 2 rings (SSSR count). The molecule has 5 heteroatoms. The van der Waals surface area contributed by atoms with Crippen LogP contribution in [0.2, 0.25) is 0 Å². The van der Waals surface area contributed by atoms with E-state index in [9.17, 15) is 4.79 Å². The monoisotopic (exact) mass is 211 g/mol. The van der Waals surface area contributed by atoms with E-state index in [0.717, 1.165) is 19.5 Å². The van der Waals surface area contributed by atoms with Gasteiger partial charge in [-0.15, -0.1) is 0 Å². The maximum Gasteiger partial charge on any atom is 0.374 e. The zero-order valence-electron chi connectivity index (χ0n) is 8.49. The average Bonchev–Trinajstić information content (AvgIpc) is 2.88. The minimum atomic E-state index is -0.491. The summed E-state index contributed by atoms with van der Waals surface area (Å²) in [7, 11) is 1.31. The van der Waals surface area contributed by atoms with Crippen LogP contribution in [0.15, 0.2) is 16.5 Å². The molecule has 0 spiro atoms. The highest BCUT2D eigenvalue weighted by Crippen LogP contribution is 2.19. The predicted molar refractivity (Wildman–Crippen MR) is 52.0 cm³/mol. The Kier molecular flexibility index (Phi) is 2.91. The number of esters is 1. The van der Waals surface area contributed by atoms with Crippen molar-refractivity contribution in [3.63, 3.8) is 0 Å². The number of rotatable bonds is 3. The number of hydrogen-bond acceptors (Lipinski definition) is 5. The van der Waals surface area contributed by atoms with Crippen molar-refractivity contribution in [2.45, 2.75) is 12.5 Å². The Hall–Kier alpha value is -1.49. The highest BCUT2D eigenvalue weighted by atomic mass is 16.6. The van der Waals surface area contributed by atoms with Crippen molar-refractivity contribution in [2.75, 3.05) is 20.2 Å². The minimum Gasteiger partial charge on any atom is -0.463 e. The molecule has 1 aromatic rings. The lowest BCUT2D eigenvalue weighted by Gasteiger charge is -2.08. The molecule has 82 valence electrons. The SMILES string of the molecule is COC(=O)c1ccc(OC2CCNC2)o1. The van der Waals surface area contributed by atoms with Crippen LogP contribution in [0.5, 0.6) is 5.95 Å². The average molecular weight is 211 g/mol. The van der Waals surface area contributed by atoms with Gasteiger partial charge in [0.2, 0.25) is 5.76 Å². The smallest absolute Gasteiger partial charge is 0.374 e. The van der Waals surface area contributed by atoms with Crippen molar-refractivity contribution < 1.29 is 18.7 Å². The van der Waals surface area contributed by atoms with Crippen molar-refractivity contribution in [3.8, 4) is 5.95 Å². The quantitative estimate of drug-likeness (QED) is 0.749. The summed E-state index contributed by atoms with van der Waals surface area (Å²) in [6.07, 6.45) is 1.08. The Labute approximate surface area is 87.3 Å². The molecule has 1 aliphatic heterocycles. The van der Waals surface area contributed by atoms with Crippen LogP contribution in [-0.2, 0) is 4.74 Å². The Morgan fingerprint density at radius 2 is 2.47 bits per heavy atom. The Morgan fingerprint density at radius 1 is 1.60 bits per heavy atom. The van der Waals surface area contributed by atoms with E-state index in [0.29, 0.717) is 5.95 Å². The van der Waals surface area contributed by atoms with Gasteiger partial charge in [-0.2, -0.15) is 0 Å². The molecule has 0 radical (unpaired) electrons. The lowest BCUT2D eigenvalue weighted by molar-refractivity contribution is 0.0551. The van der Waals surface area contributed by atoms with Gasteiger partial charge in [-0.1, -0.05) is 0 Å². The molecule has 15 heavy (non-hydrogen) atoms. The van der Waals surface area contributed by atoms with Crippen LogP contribution in [-0.4, -0.2) is 32.3 Å². The van der Waals surface area contributed by atoms with E-state index in [1.807, 2.05) is 0 Å². The first-order chi connectivity index (χ1) is 7.29. The topological polar surface area (TPSA) is 60.7 Å². The number of ether oxygens (including phenoxy) is 2. The number of hydrogen-bond donors (Lipinski definition) is 1. The van der Waals surface area contributed by atoms with E-state index in [1.165, 1.54) is 7.11 Å². The molecule has 2 heterocycles. The first-order valence-electron chi connectivity index (χ1n) is 4.85. The third-order valence-electron chi connectivity index (χ3n) is 2.27. The van der Waals surface area contributed by atoms with Crippen molar-refractivity contribution in [1.82, 2.24) is 5.32 Å². The summed E-state index contributed by atoms with van der Waals surface area (Å²) < 4.78 is 15.2. The van der Waals surface area contributed by atoms with E-state index < -0.39 is 5.97 Å². The molecular weight excluding hydrogens is 198 g/mol. The van der Waals surface area contributed by atoms with E-state index >= 15 is 0 Å². The normalized spacial score (nSPS) is 20.2. The van der Waals surface area contributed by atoms with Crippen molar-refractivity contribution >= 4 is 5.97 Å². The fourth-order valence-electron chi connectivity index (χ4n) is 1.49. The summed E-state index contributed by atoms with van der Waals surface area (Å²) >= 11 is 0. The number of furan rings is 1. The van der Waals surface area contributed by atoms with Crippen LogP contribution < -0.4 is 10.1 Å². The first kappa shape index (κ1) is 10.0. The van der Waals surface area contributed by atoms with E-state index in [1.54, 1.807) is 12.1 Å². The van der Waals surface area contributed by atoms with Gasteiger partial charge in [-0.05, 0) is 19.0 Å². The number of carbonyl (C=O) groups excluding carboxylic acids is 1. The molecule has 1 fully saturated rings. The summed E-state index contributed by atoms with van der Waals surface area (Å²) in [6.45, 7) is 1.77. The summed E-state index contributed by atoms with van der Waals surface area (Å²) in [5, 5.41) is 3.18. The molecule has 1 aliphatic rings. The lowest BCUT2D eigenvalue weighted by atomic mass is 10.3. The third-order valence-corrected chi connectivity index (χ3v) is 2.27. The lowest BCUT2D eigenvalue weighted by Crippen LogP contribution is -2.19. The van der Waals surface area contributed by atoms with E-state index in [2.05, 4.69) is 10.1 Å². The van der Waals surface area contributed by atoms with Gasteiger partial charge in [0.1, 0.15) is 6.10 Å². The highest BCUT2D eigenvalue weighted by Gasteiger charge is 2.18. The number of nitrogens with one attached hydrogen (secondary N) is 1. The van der Waals surface area contributed by atoms with Crippen LogP contribution in [0.4, 0.5) is 0 Å². The van der Waals surface area contributed by atoms with Gasteiger partial charge in [-0.3, -0.25) is 0 Å². The Balaban J connectivity index is 1.97. The molecule has 0 aromatic carbocycles. The Morgan fingerprint density at radius 3 is 3.13 bits per heavy atom. The molecule has 1 saturated heterocycles. The maximum atomic E-state index is 11.1. The van der Waals surface area contributed by atoms with Crippen molar-refractivity contribution in [1.29, 1.82) is 0 Å². The van der Waals surface area contributed by atoms with Gasteiger partial charge in [0.25, 0.3) is 5.95 Å². The zero-order valence-corrected chi connectivity index (χ0v) is 8.49.